The lowest BCUT2D eigenvalue weighted by atomic mass is 9.63. The smallest absolute Gasteiger partial charge is 0.371 e. The van der Waals surface area contributed by atoms with Crippen LogP contribution in [0.15, 0.2) is 64.8 Å². The number of benzene rings is 1. The van der Waals surface area contributed by atoms with E-state index >= 15 is 0 Å². The van der Waals surface area contributed by atoms with Gasteiger partial charge in [0.15, 0.2) is 5.56 Å². The first-order valence-electron chi connectivity index (χ1n) is 11.3. The van der Waals surface area contributed by atoms with E-state index in [9.17, 15) is 9.59 Å². The highest BCUT2D eigenvalue weighted by Gasteiger charge is 2.43. The van der Waals surface area contributed by atoms with Crippen LogP contribution in [0.25, 0.3) is 11.1 Å². The van der Waals surface area contributed by atoms with Gasteiger partial charge in [0.25, 0.3) is 5.56 Å². The van der Waals surface area contributed by atoms with Crippen LogP contribution in [0.2, 0.25) is 0 Å². The first kappa shape index (κ1) is 23.8. The molecule has 10 heteroatoms. The number of aromatic nitrogens is 3. The molecule has 35 heavy (non-hydrogen) atoms. The lowest BCUT2D eigenvalue weighted by molar-refractivity contribution is -0.143. The summed E-state index contributed by atoms with van der Waals surface area (Å²) in [7, 11) is 0. The minimum Gasteiger partial charge on any atom is -0.578 e. The number of anilines is 1. The zero-order valence-electron chi connectivity index (χ0n) is 19.3. The summed E-state index contributed by atoms with van der Waals surface area (Å²) in [6, 6.07) is 10.8. The molecule has 0 aliphatic heterocycles. The molecule has 0 radical (unpaired) electrons. The molecule has 0 amide bonds. The molecular formula is C25H27N6O4+. The third-order valence-corrected chi connectivity index (χ3v) is 6.21. The van der Waals surface area contributed by atoms with Crippen LogP contribution in [0.5, 0.6) is 0 Å². The maximum atomic E-state index is 12.8. The maximum Gasteiger partial charge on any atom is 0.371 e. The Morgan fingerprint density at radius 1 is 1.20 bits per heavy atom. The summed E-state index contributed by atoms with van der Waals surface area (Å²) in [4.78, 5) is 36.9. The fourth-order valence-corrected chi connectivity index (χ4v) is 4.13. The lowest BCUT2D eigenvalue weighted by Crippen LogP contribution is -2.42. The summed E-state index contributed by atoms with van der Waals surface area (Å²) in [5.41, 5.74) is 7.13. The number of nitrogens with one attached hydrogen (secondary N) is 1. The summed E-state index contributed by atoms with van der Waals surface area (Å²) in [5, 5.41) is 17.1. The molecule has 0 saturated heterocycles. The molecule has 10 nitrogen and oxygen atoms in total. The third-order valence-electron chi connectivity index (χ3n) is 6.21. The molecule has 5 N–H and O–H groups in total. The molecule has 1 aromatic carbocycles. The zero-order chi connectivity index (χ0) is 25.0. The highest BCUT2D eigenvalue weighted by atomic mass is 16.5. The number of esters is 1. The average Bonchev–Trinajstić information content (AvgIpc) is 2.81. The van der Waals surface area contributed by atoms with Crippen molar-refractivity contribution in [1.29, 1.82) is 5.41 Å². The molecule has 2 aromatic heterocycles. The van der Waals surface area contributed by atoms with Crippen molar-refractivity contribution in [2.45, 2.75) is 38.1 Å². The second kappa shape index (κ2) is 9.88. The van der Waals surface area contributed by atoms with E-state index in [4.69, 9.17) is 21.0 Å². The van der Waals surface area contributed by atoms with Crippen LogP contribution >= 0.6 is 0 Å². The van der Waals surface area contributed by atoms with E-state index in [1.165, 1.54) is 16.8 Å². The zero-order valence-corrected chi connectivity index (χ0v) is 19.3. The van der Waals surface area contributed by atoms with Gasteiger partial charge >= 0.3 is 11.9 Å². The quantitative estimate of drug-likeness (QED) is 0.230. The van der Waals surface area contributed by atoms with Gasteiger partial charge in [-0.2, -0.15) is 0 Å². The second-order valence-electron chi connectivity index (χ2n) is 8.31. The molecule has 180 valence electrons. The largest absolute Gasteiger partial charge is 0.578 e. The van der Waals surface area contributed by atoms with Crippen molar-refractivity contribution in [3.8, 4) is 11.1 Å². The highest BCUT2D eigenvalue weighted by Crippen LogP contribution is 2.45. The Morgan fingerprint density at radius 3 is 2.49 bits per heavy atom. The molecular weight excluding hydrogens is 448 g/mol. The second-order valence-corrected chi connectivity index (χ2v) is 8.31. The number of amidine groups is 1. The first-order chi connectivity index (χ1) is 16.8. The SMILES string of the molecule is CCOC(=O)Cn1cccc(C([OH2+])=NC(=N)C2(c3ccc(-c4cnc(N)nc4)cc3)CCC2)c1=O. The van der Waals surface area contributed by atoms with Gasteiger partial charge in [0, 0.05) is 24.2 Å². The van der Waals surface area contributed by atoms with E-state index < -0.39 is 16.9 Å². The summed E-state index contributed by atoms with van der Waals surface area (Å²) in [6.45, 7) is 1.65. The standard InChI is InChI=1S/C25H26N6O4/c1-2-35-20(32)15-31-12-3-5-19(22(31)34)21(33)30-23(26)25(10-4-11-25)18-8-6-16(7-9-18)17-13-28-24(27)29-14-17/h3,5-9,12-14H,2,4,10-11,15H2,1H3,(H2,26,30,33)(H2,27,28,29)/p+1. The molecule has 0 bridgehead atoms. The van der Waals surface area contributed by atoms with Crippen LogP contribution in [0.4, 0.5) is 5.95 Å². The van der Waals surface area contributed by atoms with Gasteiger partial charge in [-0.25, -0.2) is 9.97 Å². The van der Waals surface area contributed by atoms with Crippen LogP contribution in [-0.4, -0.2) is 44.0 Å². The molecule has 0 unspecified atom stereocenters. The van der Waals surface area contributed by atoms with E-state index in [0.29, 0.717) is 0 Å². The van der Waals surface area contributed by atoms with Gasteiger partial charge in [-0.15, -0.1) is 4.99 Å². The number of carbonyl (C=O) groups is 1. The van der Waals surface area contributed by atoms with Gasteiger partial charge < -0.3 is 20.1 Å². The van der Waals surface area contributed by atoms with E-state index in [-0.39, 0.29) is 36.4 Å². The number of hydrogen-bond donors (Lipinski definition) is 2. The van der Waals surface area contributed by atoms with Crippen molar-refractivity contribution in [1.82, 2.24) is 14.5 Å². The van der Waals surface area contributed by atoms with Gasteiger partial charge in [-0.1, -0.05) is 30.7 Å². The predicted molar refractivity (Wildman–Crippen MR) is 133 cm³/mol. The minimum atomic E-state index is -0.610. The Hall–Kier alpha value is -4.34. The number of aliphatic imine (C=N–C) groups is 1. The Labute approximate surface area is 201 Å². The fourth-order valence-electron chi connectivity index (χ4n) is 4.13. The summed E-state index contributed by atoms with van der Waals surface area (Å²) in [5.74, 6) is -0.592. The number of nitrogen functional groups attached to an aromatic ring is 1. The molecule has 1 aliphatic carbocycles. The van der Waals surface area contributed by atoms with Crippen molar-refractivity contribution in [3.05, 3.63) is 76.5 Å². The molecule has 3 aromatic rings. The first-order valence-corrected chi connectivity index (χ1v) is 11.3. The number of ether oxygens (including phenoxy) is 1. The van der Waals surface area contributed by atoms with Crippen LogP contribution in [0.3, 0.4) is 0 Å². The van der Waals surface area contributed by atoms with Crippen LogP contribution in [0, 0.1) is 5.41 Å². The van der Waals surface area contributed by atoms with Crippen LogP contribution in [-0.2, 0) is 21.5 Å². The Morgan fingerprint density at radius 2 is 1.89 bits per heavy atom. The summed E-state index contributed by atoms with van der Waals surface area (Å²) < 4.78 is 6.08. The van der Waals surface area contributed by atoms with E-state index in [1.54, 1.807) is 25.4 Å². The number of nitrogens with two attached hydrogens (primary N) is 1. The molecule has 1 saturated carbocycles. The van der Waals surface area contributed by atoms with Gasteiger partial charge in [0.05, 0.1) is 12.0 Å². The average molecular weight is 476 g/mol. The van der Waals surface area contributed by atoms with Crippen LogP contribution in [0.1, 0.15) is 37.3 Å². The van der Waals surface area contributed by atoms with Gasteiger partial charge in [0.1, 0.15) is 12.4 Å². The summed E-state index contributed by atoms with van der Waals surface area (Å²) in [6.07, 6.45) is 7.18. The van der Waals surface area contributed by atoms with Gasteiger partial charge in [-0.05, 0) is 43.0 Å². The normalized spacial score (nSPS) is 14.7. The predicted octanol–water partition coefficient (Wildman–Crippen LogP) is 2.02. The Kier molecular flexibility index (Phi) is 6.72. The Bertz CT molecular complexity index is 1330. The molecule has 0 atom stereocenters. The van der Waals surface area contributed by atoms with Crippen molar-refractivity contribution in [2.24, 2.45) is 4.99 Å². The summed E-state index contributed by atoms with van der Waals surface area (Å²) >= 11 is 0. The van der Waals surface area contributed by atoms with Crippen molar-refractivity contribution in [3.63, 3.8) is 0 Å². The molecule has 1 aliphatic rings. The van der Waals surface area contributed by atoms with Crippen molar-refractivity contribution < 1.29 is 14.6 Å². The van der Waals surface area contributed by atoms with E-state index in [2.05, 4.69) is 15.0 Å². The van der Waals surface area contributed by atoms with E-state index in [1.807, 2.05) is 24.3 Å². The van der Waals surface area contributed by atoms with Crippen molar-refractivity contribution >= 4 is 23.7 Å². The molecule has 0 spiro atoms. The molecule has 2 heterocycles. The number of carbonyl (C=O) groups excluding carboxylic acids is 1. The fraction of sp³-hybridized carbons (Fsp3) is 0.280. The number of hydrogen-bond acceptors (Lipinski definition) is 7. The highest BCUT2D eigenvalue weighted by molar-refractivity contribution is 6.04. The number of pyridine rings is 1. The van der Waals surface area contributed by atoms with Gasteiger partial charge in [-0.3, -0.25) is 15.0 Å². The van der Waals surface area contributed by atoms with Crippen LogP contribution < -0.4 is 11.3 Å². The number of rotatable bonds is 7. The topological polar surface area (TPSA) is 159 Å². The lowest BCUT2D eigenvalue weighted by Gasteiger charge is -2.41. The maximum absolute atomic E-state index is 12.8. The molecule has 4 rings (SSSR count). The third kappa shape index (κ3) is 4.81. The minimum absolute atomic E-state index is 0.0229. The van der Waals surface area contributed by atoms with Crippen molar-refractivity contribution in [2.75, 3.05) is 12.3 Å². The molecule has 1 fully saturated rings. The monoisotopic (exact) mass is 475 g/mol. The Balaban J connectivity index is 1.58. The van der Waals surface area contributed by atoms with Gasteiger partial charge in [0.2, 0.25) is 5.95 Å². The van der Waals surface area contributed by atoms with E-state index in [0.717, 1.165) is 36.0 Å². The number of nitrogens with zero attached hydrogens (tertiary/aromatic N) is 4.